The molecule has 1 saturated heterocycles. The molecule has 4 rings (SSSR count). The number of nitrogens with one attached hydrogen (secondary N) is 1. The molecule has 8 heteroatoms. The first kappa shape index (κ1) is 16.8. The fourth-order valence-corrected chi connectivity index (χ4v) is 3.40. The molecule has 136 valence electrons. The number of hydrogen-bond donors (Lipinski definition) is 1. The maximum absolute atomic E-state index is 12.9. The molecule has 0 bridgehead atoms. The van der Waals surface area contributed by atoms with Crippen LogP contribution in [0.5, 0.6) is 0 Å². The molecule has 0 radical (unpaired) electrons. The van der Waals surface area contributed by atoms with Gasteiger partial charge in [0, 0.05) is 12.6 Å². The van der Waals surface area contributed by atoms with Crippen LogP contribution in [-0.2, 0) is 16.0 Å². The second-order valence-electron chi connectivity index (χ2n) is 6.97. The minimum absolute atomic E-state index is 0.00462. The van der Waals surface area contributed by atoms with Gasteiger partial charge in [0.15, 0.2) is 0 Å². The van der Waals surface area contributed by atoms with E-state index in [4.69, 9.17) is 0 Å². The predicted octanol–water partition coefficient (Wildman–Crippen LogP) is 0.722. The lowest BCUT2D eigenvalue weighted by molar-refractivity contribution is -0.148. The van der Waals surface area contributed by atoms with E-state index in [2.05, 4.69) is 20.8 Å². The van der Waals surface area contributed by atoms with E-state index >= 15 is 0 Å². The van der Waals surface area contributed by atoms with Crippen molar-refractivity contribution in [2.24, 2.45) is 5.92 Å². The summed E-state index contributed by atoms with van der Waals surface area (Å²) in [6.45, 7) is 1.63. The standard InChI is InChI=1S/C18H22N6O2/c25-17(10-13-3-5-15(6-4-13)23-12-20-21-22-23)24(16-7-8-16)18(26)14-2-1-9-19-11-14/h3-6,12,14,16,19H,1-2,7-11H2. The summed E-state index contributed by atoms with van der Waals surface area (Å²) in [6, 6.07) is 7.59. The highest BCUT2D eigenvalue weighted by molar-refractivity contribution is 5.98. The monoisotopic (exact) mass is 354 g/mol. The number of nitrogens with zero attached hydrogens (tertiary/aromatic N) is 5. The molecule has 2 fully saturated rings. The van der Waals surface area contributed by atoms with Crippen molar-refractivity contribution in [1.82, 2.24) is 30.4 Å². The number of benzene rings is 1. The largest absolute Gasteiger partial charge is 0.316 e. The van der Waals surface area contributed by atoms with Crippen molar-refractivity contribution in [2.45, 2.75) is 38.1 Å². The fourth-order valence-electron chi connectivity index (χ4n) is 3.40. The number of amides is 2. The van der Waals surface area contributed by atoms with Gasteiger partial charge in [0.2, 0.25) is 11.8 Å². The summed E-state index contributed by atoms with van der Waals surface area (Å²) >= 11 is 0. The average molecular weight is 354 g/mol. The van der Waals surface area contributed by atoms with Gasteiger partial charge in [-0.05, 0) is 60.4 Å². The Labute approximate surface area is 151 Å². The van der Waals surface area contributed by atoms with Crippen LogP contribution >= 0.6 is 0 Å². The third-order valence-corrected chi connectivity index (χ3v) is 4.97. The Morgan fingerprint density at radius 2 is 2.00 bits per heavy atom. The van der Waals surface area contributed by atoms with Crippen molar-refractivity contribution >= 4 is 11.8 Å². The summed E-state index contributed by atoms with van der Waals surface area (Å²) in [5.74, 6) is -0.177. The number of carbonyl (C=O) groups excluding carboxylic acids is 2. The normalized spacial score (nSPS) is 19.9. The van der Waals surface area contributed by atoms with Gasteiger partial charge >= 0.3 is 0 Å². The van der Waals surface area contributed by atoms with Gasteiger partial charge in [-0.3, -0.25) is 14.5 Å². The maximum Gasteiger partial charge on any atom is 0.233 e. The van der Waals surface area contributed by atoms with Crippen molar-refractivity contribution in [3.05, 3.63) is 36.2 Å². The lowest BCUT2D eigenvalue weighted by Crippen LogP contribution is -2.47. The summed E-state index contributed by atoms with van der Waals surface area (Å²) in [4.78, 5) is 27.2. The number of tetrazole rings is 1. The Hall–Kier alpha value is -2.61. The van der Waals surface area contributed by atoms with Crippen LogP contribution in [0.1, 0.15) is 31.2 Å². The first-order valence-corrected chi connectivity index (χ1v) is 9.11. The summed E-state index contributed by atoms with van der Waals surface area (Å²) < 4.78 is 1.56. The summed E-state index contributed by atoms with van der Waals surface area (Å²) in [5, 5.41) is 14.3. The molecule has 1 aliphatic carbocycles. The van der Waals surface area contributed by atoms with E-state index in [-0.39, 0.29) is 30.2 Å². The SMILES string of the molecule is O=C(Cc1ccc(-n2cnnn2)cc1)N(C(=O)C1CCCNC1)C1CC1. The van der Waals surface area contributed by atoms with Crippen LogP contribution in [0.2, 0.25) is 0 Å². The Bertz CT molecular complexity index is 763. The molecule has 2 aliphatic rings. The Kier molecular flexibility index (Phi) is 4.75. The van der Waals surface area contributed by atoms with Crippen LogP contribution in [0.25, 0.3) is 5.69 Å². The van der Waals surface area contributed by atoms with E-state index in [0.29, 0.717) is 6.54 Å². The van der Waals surface area contributed by atoms with Crippen LogP contribution in [-0.4, -0.2) is 56.1 Å². The maximum atomic E-state index is 12.9. The molecule has 8 nitrogen and oxygen atoms in total. The summed E-state index contributed by atoms with van der Waals surface area (Å²) in [6.07, 6.45) is 5.46. The van der Waals surface area contributed by atoms with Gasteiger partial charge in [0.05, 0.1) is 18.0 Å². The zero-order chi connectivity index (χ0) is 17.9. The van der Waals surface area contributed by atoms with E-state index in [1.54, 1.807) is 4.68 Å². The van der Waals surface area contributed by atoms with Gasteiger partial charge < -0.3 is 5.32 Å². The highest BCUT2D eigenvalue weighted by Crippen LogP contribution is 2.30. The van der Waals surface area contributed by atoms with Crippen LogP contribution in [0.4, 0.5) is 0 Å². The zero-order valence-electron chi connectivity index (χ0n) is 14.5. The average Bonchev–Trinajstić information content (AvgIpc) is 3.34. The minimum Gasteiger partial charge on any atom is -0.316 e. The molecule has 0 spiro atoms. The topological polar surface area (TPSA) is 93.0 Å². The van der Waals surface area contributed by atoms with Crippen molar-refractivity contribution in [1.29, 1.82) is 0 Å². The van der Waals surface area contributed by atoms with E-state index in [1.165, 1.54) is 11.2 Å². The van der Waals surface area contributed by atoms with Crippen LogP contribution in [0, 0.1) is 5.92 Å². The summed E-state index contributed by atoms with van der Waals surface area (Å²) in [5.41, 5.74) is 1.71. The smallest absolute Gasteiger partial charge is 0.233 e. The molecular weight excluding hydrogens is 332 g/mol. The van der Waals surface area contributed by atoms with Gasteiger partial charge in [0.25, 0.3) is 0 Å². The molecular formula is C18H22N6O2. The Balaban J connectivity index is 1.44. The van der Waals surface area contributed by atoms with E-state index in [0.717, 1.165) is 43.5 Å². The number of carbonyl (C=O) groups is 2. The van der Waals surface area contributed by atoms with Crippen molar-refractivity contribution < 1.29 is 9.59 Å². The second-order valence-corrected chi connectivity index (χ2v) is 6.97. The molecule has 2 aromatic rings. The third kappa shape index (κ3) is 3.65. The van der Waals surface area contributed by atoms with Crippen molar-refractivity contribution in [3.8, 4) is 5.69 Å². The Morgan fingerprint density at radius 1 is 1.19 bits per heavy atom. The minimum atomic E-state index is -0.0988. The Morgan fingerprint density at radius 3 is 2.62 bits per heavy atom. The number of imide groups is 1. The number of piperidine rings is 1. The van der Waals surface area contributed by atoms with Crippen LogP contribution in [0.15, 0.2) is 30.6 Å². The van der Waals surface area contributed by atoms with Gasteiger partial charge in [-0.1, -0.05) is 12.1 Å². The van der Waals surface area contributed by atoms with Gasteiger partial charge in [-0.15, -0.1) is 5.10 Å². The van der Waals surface area contributed by atoms with Gasteiger partial charge in [-0.25, -0.2) is 4.68 Å². The molecule has 1 aromatic heterocycles. The predicted molar refractivity (Wildman–Crippen MR) is 93.3 cm³/mol. The molecule has 1 aromatic carbocycles. The summed E-state index contributed by atoms with van der Waals surface area (Å²) in [7, 11) is 0. The molecule has 1 saturated carbocycles. The van der Waals surface area contributed by atoms with Gasteiger partial charge in [-0.2, -0.15) is 0 Å². The number of rotatable bonds is 5. The van der Waals surface area contributed by atoms with E-state index in [9.17, 15) is 9.59 Å². The first-order chi connectivity index (χ1) is 12.7. The van der Waals surface area contributed by atoms with Crippen molar-refractivity contribution in [2.75, 3.05) is 13.1 Å². The molecule has 1 aliphatic heterocycles. The second kappa shape index (κ2) is 7.33. The fraction of sp³-hybridized carbons (Fsp3) is 0.500. The third-order valence-electron chi connectivity index (χ3n) is 4.97. The molecule has 1 N–H and O–H groups in total. The quantitative estimate of drug-likeness (QED) is 0.851. The van der Waals surface area contributed by atoms with Crippen LogP contribution in [0.3, 0.4) is 0 Å². The zero-order valence-corrected chi connectivity index (χ0v) is 14.5. The molecule has 1 unspecified atom stereocenters. The molecule has 2 heterocycles. The number of hydrogen-bond acceptors (Lipinski definition) is 6. The van der Waals surface area contributed by atoms with E-state index in [1.807, 2.05) is 24.3 Å². The van der Waals surface area contributed by atoms with Gasteiger partial charge in [0.1, 0.15) is 6.33 Å². The highest BCUT2D eigenvalue weighted by atomic mass is 16.2. The van der Waals surface area contributed by atoms with E-state index < -0.39 is 0 Å². The lowest BCUT2D eigenvalue weighted by Gasteiger charge is -2.28. The molecule has 2 amide bonds. The first-order valence-electron chi connectivity index (χ1n) is 9.11. The number of aromatic nitrogens is 4. The lowest BCUT2D eigenvalue weighted by atomic mass is 9.97. The molecule has 1 atom stereocenters. The van der Waals surface area contributed by atoms with Crippen LogP contribution < -0.4 is 5.32 Å². The molecule has 26 heavy (non-hydrogen) atoms. The highest BCUT2D eigenvalue weighted by Gasteiger charge is 2.39. The van der Waals surface area contributed by atoms with Crippen molar-refractivity contribution in [3.63, 3.8) is 0 Å².